The summed E-state index contributed by atoms with van der Waals surface area (Å²) in [6.45, 7) is 14.6. The van der Waals surface area contributed by atoms with Crippen LogP contribution >= 0.6 is 0 Å². The maximum Gasteiger partial charge on any atom is 0.340 e. The van der Waals surface area contributed by atoms with Crippen LogP contribution in [0.2, 0.25) is 0 Å². The normalized spacial score (nSPS) is 16.2. The summed E-state index contributed by atoms with van der Waals surface area (Å²) in [6, 6.07) is 10.8. The van der Waals surface area contributed by atoms with Gasteiger partial charge in [0.15, 0.2) is 0 Å². The van der Waals surface area contributed by atoms with Gasteiger partial charge in [-0.1, -0.05) is 45.0 Å². The Morgan fingerprint density at radius 1 is 1.03 bits per heavy atom. The predicted molar refractivity (Wildman–Crippen MR) is 119 cm³/mol. The third-order valence-corrected chi connectivity index (χ3v) is 5.44. The number of rotatable bonds is 3. The van der Waals surface area contributed by atoms with Crippen molar-refractivity contribution < 1.29 is 9.53 Å². The molecule has 4 heteroatoms. The summed E-state index contributed by atoms with van der Waals surface area (Å²) in [6.07, 6.45) is 0. The number of hydrogen-bond acceptors (Lipinski definition) is 3. The van der Waals surface area contributed by atoms with Crippen molar-refractivity contribution >= 4 is 17.3 Å². The number of ether oxygens (including phenoxy) is 1. The van der Waals surface area contributed by atoms with Gasteiger partial charge in [-0.25, -0.2) is 4.79 Å². The van der Waals surface area contributed by atoms with E-state index in [2.05, 4.69) is 63.0 Å². The van der Waals surface area contributed by atoms with Crippen LogP contribution in [0.5, 0.6) is 0 Å². The number of carbonyl (C=O) groups is 1. The molecule has 0 saturated carbocycles. The van der Waals surface area contributed by atoms with E-state index in [-0.39, 0.29) is 11.4 Å². The lowest BCUT2D eigenvalue weighted by atomic mass is 9.85. The molecule has 0 fully saturated rings. The number of nitrogens with one attached hydrogen (secondary N) is 1. The molecular weight excluding hydrogens is 360 g/mol. The summed E-state index contributed by atoms with van der Waals surface area (Å²) in [4.78, 5) is 20.6. The highest BCUT2D eigenvalue weighted by Gasteiger charge is 2.28. The van der Waals surface area contributed by atoms with E-state index in [1.807, 2.05) is 20.8 Å². The number of H-pyrrole nitrogens is 1. The number of allylic oxidation sites excluding steroid dienone is 1. The highest BCUT2D eigenvalue weighted by atomic mass is 16.5. The summed E-state index contributed by atoms with van der Waals surface area (Å²) < 4.78 is 4.99. The van der Waals surface area contributed by atoms with Crippen molar-refractivity contribution in [3.05, 3.63) is 75.3 Å². The second-order valence-corrected chi connectivity index (χ2v) is 8.75. The number of hydrogen-bond donors (Lipinski definition) is 1. The molecule has 29 heavy (non-hydrogen) atoms. The minimum Gasteiger partial charge on any atom is -0.465 e. The van der Waals surface area contributed by atoms with Crippen LogP contribution in [0.1, 0.15) is 62.7 Å². The van der Waals surface area contributed by atoms with Gasteiger partial charge in [0.1, 0.15) is 0 Å². The van der Waals surface area contributed by atoms with Gasteiger partial charge in [0.2, 0.25) is 0 Å². The van der Waals surface area contributed by atoms with Crippen LogP contribution < -0.4 is 0 Å². The van der Waals surface area contributed by atoms with E-state index in [4.69, 9.17) is 9.73 Å². The van der Waals surface area contributed by atoms with Crippen molar-refractivity contribution in [2.75, 3.05) is 7.11 Å². The van der Waals surface area contributed by atoms with Gasteiger partial charge in [-0.2, -0.15) is 0 Å². The quantitative estimate of drug-likeness (QED) is 0.688. The number of aromatic nitrogens is 1. The number of aryl methyl sites for hydroxylation is 2. The third kappa shape index (κ3) is 3.84. The Labute approximate surface area is 173 Å². The smallest absolute Gasteiger partial charge is 0.340 e. The average molecular weight is 391 g/mol. The number of carbonyl (C=O) groups excluding carboxylic acids is 1. The lowest BCUT2D eigenvalue weighted by Crippen LogP contribution is -2.11. The first-order valence-electron chi connectivity index (χ1n) is 9.91. The van der Waals surface area contributed by atoms with Crippen LogP contribution in [0.15, 0.2) is 52.2 Å². The molecule has 1 aromatic carbocycles. The lowest BCUT2D eigenvalue weighted by Gasteiger charge is -2.20. The summed E-state index contributed by atoms with van der Waals surface area (Å²) in [7, 11) is 1.40. The highest BCUT2D eigenvalue weighted by molar-refractivity contribution is 6.22. The summed E-state index contributed by atoms with van der Waals surface area (Å²) >= 11 is 0. The Kier molecular flexibility index (Phi) is 5.40. The molecule has 2 aromatic rings. The van der Waals surface area contributed by atoms with Crippen LogP contribution in [-0.2, 0) is 14.9 Å². The molecule has 0 aliphatic carbocycles. The fraction of sp³-hybridized carbons (Fsp3) is 0.360. The fourth-order valence-electron chi connectivity index (χ4n) is 3.87. The Hall–Kier alpha value is -2.88. The summed E-state index contributed by atoms with van der Waals surface area (Å²) in [5.41, 5.74) is 9.61. The number of nitrogens with zero attached hydrogens (tertiary/aromatic N) is 1. The monoisotopic (exact) mass is 390 g/mol. The van der Waals surface area contributed by atoms with Crippen LogP contribution in [0.3, 0.4) is 0 Å². The highest BCUT2D eigenvalue weighted by Crippen LogP contribution is 2.38. The van der Waals surface area contributed by atoms with Crippen molar-refractivity contribution in [3.63, 3.8) is 0 Å². The molecule has 152 valence electrons. The van der Waals surface area contributed by atoms with Gasteiger partial charge in [0.25, 0.3) is 0 Å². The molecular formula is C25H30N2O2. The average Bonchev–Trinajstić information content (AvgIpc) is 3.13. The van der Waals surface area contributed by atoms with E-state index in [9.17, 15) is 4.79 Å². The first-order chi connectivity index (χ1) is 13.5. The second kappa shape index (κ2) is 7.51. The molecule has 1 aliphatic rings. The first kappa shape index (κ1) is 20.8. The Balaban J connectivity index is 2.29. The minimum atomic E-state index is -0.347. The van der Waals surface area contributed by atoms with E-state index in [0.717, 1.165) is 39.4 Å². The molecule has 0 atom stereocenters. The van der Waals surface area contributed by atoms with Crippen molar-refractivity contribution in [2.45, 2.75) is 53.9 Å². The zero-order valence-electron chi connectivity index (χ0n) is 18.7. The van der Waals surface area contributed by atoms with Crippen molar-refractivity contribution in [1.29, 1.82) is 0 Å². The van der Waals surface area contributed by atoms with Gasteiger partial charge < -0.3 is 9.72 Å². The molecule has 0 radical (unpaired) electrons. The molecule has 1 aliphatic heterocycles. The molecule has 0 saturated heterocycles. The molecule has 2 heterocycles. The molecule has 1 aromatic heterocycles. The number of aliphatic imine (C=N–C) groups is 1. The molecule has 0 bridgehead atoms. The minimum absolute atomic E-state index is 0.0841. The summed E-state index contributed by atoms with van der Waals surface area (Å²) in [5, 5.41) is 0. The first-order valence-corrected chi connectivity index (χ1v) is 9.91. The van der Waals surface area contributed by atoms with Crippen molar-refractivity contribution in [2.24, 2.45) is 4.99 Å². The molecule has 3 rings (SSSR count). The van der Waals surface area contributed by atoms with Crippen molar-refractivity contribution in [3.8, 4) is 0 Å². The maximum atomic E-state index is 12.3. The maximum absolute atomic E-state index is 12.3. The van der Waals surface area contributed by atoms with Gasteiger partial charge in [-0.15, -0.1) is 0 Å². The zero-order valence-corrected chi connectivity index (χ0v) is 18.7. The van der Waals surface area contributed by atoms with Gasteiger partial charge in [-0.3, -0.25) is 4.99 Å². The van der Waals surface area contributed by atoms with E-state index < -0.39 is 0 Å². The third-order valence-electron chi connectivity index (χ3n) is 5.44. The SMILES string of the molecule is COC(=O)C1=C(C)C(=C(c2ccc(C(C)(C)C)cc2)c2[nH]c(C)cc2C)N=C1C. The number of aromatic amines is 1. The Bertz CT molecular complexity index is 1060. The van der Waals surface area contributed by atoms with Crippen LogP contribution in [0, 0.1) is 13.8 Å². The van der Waals surface area contributed by atoms with E-state index >= 15 is 0 Å². The molecule has 0 unspecified atom stereocenters. The topological polar surface area (TPSA) is 54.5 Å². The summed E-state index contributed by atoms with van der Waals surface area (Å²) in [5.74, 6) is -0.347. The molecule has 0 spiro atoms. The lowest BCUT2D eigenvalue weighted by molar-refractivity contribution is -0.135. The second-order valence-electron chi connectivity index (χ2n) is 8.75. The van der Waals surface area contributed by atoms with Gasteiger partial charge >= 0.3 is 5.97 Å². The molecule has 4 nitrogen and oxygen atoms in total. The van der Waals surface area contributed by atoms with Crippen molar-refractivity contribution in [1.82, 2.24) is 4.98 Å². The zero-order chi connectivity index (χ0) is 21.5. The van der Waals surface area contributed by atoms with Crippen LogP contribution in [-0.4, -0.2) is 23.8 Å². The number of methoxy groups -OCH3 is 1. The Morgan fingerprint density at radius 3 is 2.14 bits per heavy atom. The number of benzene rings is 1. The van der Waals surface area contributed by atoms with Crippen LogP contribution in [0.4, 0.5) is 0 Å². The standard InChI is InChI=1S/C25H30N2O2/c1-14-13-15(2)26-22(14)21(18-9-11-19(12-10-18)25(5,6)7)23-16(3)20(17(4)27-23)24(28)29-8/h9-13,26H,1-8H3. The van der Waals surface area contributed by atoms with Crippen LogP contribution in [0.25, 0.3) is 5.57 Å². The van der Waals surface area contributed by atoms with E-state index in [1.165, 1.54) is 12.7 Å². The Morgan fingerprint density at radius 2 is 1.66 bits per heavy atom. The largest absolute Gasteiger partial charge is 0.465 e. The number of esters is 1. The van der Waals surface area contributed by atoms with Gasteiger partial charge in [-0.05, 0) is 61.4 Å². The molecule has 0 amide bonds. The fourth-order valence-corrected chi connectivity index (χ4v) is 3.87. The van der Waals surface area contributed by atoms with Gasteiger partial charge in [0, 0.05) is 11.3 Å². The van der Waals surface area contributed by atoms with E-state index in [1.54, 1.807) is 0 Å². The van der Waals surface area contributed by atoms with E-state index in [0.29, 0.717) is 11.3 Å². The predicted octanol–water partition coefficient (Wildman–Crippen LogP) is 5.65. The molecule has 1 N–H and O–H groups in total. The van der Waals surface area contributed by atoms with Gasteiger partial charge in [0.05, 0.1) is 29.8 Å².